The van der Waals surface area contributed by atoms with E-state index in [1.54, 1.807) is 0 Å². The second-order valence-corrected chi connectivity index (χ2v) is 20.8. The molecular formula is C74H46N4O2. The van der Waals surface area contributed by atoms with E-state index >= 15 is 0 Å². The first-order valence-electron chi connectivity index (χ1n) is 27.2. The highest BCUT2D eigenvalue weighted by atomic mass is 16.4. The SMILES string of the molecule is c1ccc(N(c2ccc3c(c2)c2ccccc2n3-c2ccccc2)c2cc3oc4c(ccc5c4oc4cc(N(c6ccccc6)c6ccc7c(c6)c6ccccc6n7-c6ccccc6)c6ccccc6c45)c3c3ccccc23)cc1. The molecule has 6 heteroatoms. The molecule has 13 aromatic carbocycles. The minimum atomic E-state index is 0.725. The van der Waals surface area contributed by atoms with Crippen molar-refractivity contribution in [2.24, 2.45) is 0 Å². The zero-order valence-corrected chi connectivity index (χ0v) is 43.2. The molecule has 0 N–H and O–H groups in total. The first kappa shape index (κ1) is 44.3. The van der Waals surface area contributed by atoms with Crippen molar-refractivity contribution in [1.29, 1.82) is 0 Å². The Hall–Kier alpha value is -10.8. The van der Waals surface area contributed by atoms with Crippen molar-refractivity contribution in [3.8, 4) is 11.4 Å². The highest BCUT2D eigenvalue weighted by Crippen LogP contribution is 2.50. The van der Waals surface area contributed by atoms with Crippen molar-refractivity contribution in [2.45, 2.75) is 0 Å². The summed E-state index contributed by atoms with van der Waals surface area (Å²) >= 11 is 0. The third-order valence-electron chi connectivity index (χ3n) is 16.4. The Morgan fingerprint density at radius 1 is 0.237 bits per heavy atom. The summed E-state index contributed by atoms with van der Waals surface area (Å²) < 4.78 is 19.2. The van der Waals surface area contributed by atoms with Crippen molar-refractivity contribution in [3.05, 3.63) is 279 Å². The maximum Gasteiger partial charge on any atom is 0.178 e. The van der Waals surface area contributed by atoms with Crippen LogP contribution in [0.5, 0.6) is 0 Å². The molecule has 0 aliphatic carbocycles. The minimum Gasteiger partial charge on any atom is -0.452 e. The molecule has 0 atom stereocenters. The number of para-hydroxylation sites is 6. The van der Waals surface area contributed by atoms with E-state index in [4.69, 9.17) is 8.83 Å². The molecule has 0 amide bonds. The van der Waals surface area contributed by atoms with Gasteiger partial charge in [0, 0.05) is 100 Å². The number of aromatic nitrogens is 2. The molecule has 0 aliphatic rings. The first-order chi connectivity index (χ1) is 39.7. The van der Waals surface area contributed by atoms with Crippen molar-refractivity contribution >= 4 is 143 Å². The van der Waals surface area contributed by atoms with Gasteiger partial charge in [-0.05, 0) is 120 Å². The minimum absolute atomic E-state index is 0.725. The summed E-state index contributed by atoms with van der Waals surface area (Å²) in [5.41, 5.74) is 16.2. The second-order valence-electron chi connectivity index (χ2n) is 20.8. The van der Waals surface area contributed by atoms with Crippen LogP contribution < -0.4 is 9.80 Å². The molecule has 0 fully saturated rings. The number of hydrogen-bond acceptors (Lipinski definition) is 4. The van der Waals surface area contributed by atoms with Crippen LogP contribution in [0.3, 0.4) is 0 Å². The molecule has 0 unspecified atom stereocenters. The topological polar surface area (TPSA) is 42.6 Å². The molecule has 4 aromatic heterocycles. The van der Waals surface area contributed by atoms with Crippen LogP contribution >= 0.6 is 0 Å². The van der Waals surface area contributed by atoms with Crippen LogP contribution in [-0.2, 0) is 0 Å². The van der Waals surface area contributed by atoms with Crippen LogP contribution in [0.4, 0.5) is 34.1 Å². The smallest absolute Gasteiger partial charge is 0.178 e. The average Bonchev–Trinajstić information content (AvgIpc) is 4.46. The van der Waals surface area contributed by atoms with E-state index in [-0.39, 0.29) is 0 Å². The number of nitrogens with zero attached hydrogens (tertiary/aromatic N) is 4. The molecule has 80 heavy (non-hydrogen) atoms. The van der Waals surface area contributed by atoms with Crippen LogP contribution in [0.2, 0.25) is 0 Å². The van der Waals surface area contributed by atoms with Crippen LogP contribution in [0.1, 0.15) is 0 Å². The van der Waals surface area contributed by atoms with Crippen molar-refractivity contribution in [1.82, 2.24) is 9.13 Å². The Morgan fingerprint density at radius 2 is 0.575 bits per heavy atom. The molecular weight excluding hydrogens is 977 g/mol. The second kappa shape index (κ2) is 17.3. The fraction of sp³-hybridized carbons (Fsp3) is 0. The monoisotopic (exact) mass is 1020 g/mol. The molecule has 17 rings (SSSR count). The lowest BCUT2D eigenvalue weighted by Gasteiger charge is -2.27. The number of fused-ring (bicyclic) bond motifs is 17. The van der Waals surface area contributed by atoms with Crippen LogP contribution in [0.25, 0.3) is 120 Å². The van der Waals surface area contributed by atoms with Gasteiger partial charge in [0.05, 0.1) is 33.4 Å². The highest BCUT2D eigenvalue weighted by Gasteiger charge is 2.26. The first-order valence-corrected chi connectivity index (χ1v) is 27.2. The number of rotatable bonds is 8. The lowest BCUT2D eigenvalue weighted by atomic mass is 9.98. The van der Waals surface area contributed by atoms with Gasteiger partial charge in [0.15, 0.2) is 11.2 Å². The Morgan fingerprint density at radius 3 is 0.988 bits per heavy atom. The zero-order valence-electron chi connectivity index (χ0n) is 43.2. The molecule has 0 bridgehead atoms. The normalized spacial score (nSPS) is 12.0. The fourth-order valence-electron chi connectivity index (χ4n) is 13.0. The maximum absolute atomic E-state index is 7.25. The fourth-order valence-corrected chi connectivity index (χ4v) is 13.0. The van der Waals surface area contributed by atoms with Crippen molar-refractivity contribution in [2.75, 3.05) is 9.80 Å². The summed E-state index contributed by atoms with van der Waals surface area (Å²) in [6.07, 6.45) is 0. The van der Waals surface area contributed by atoms with E-state index in [9.17, 15) is 0 Å². The molecule has 17 aromatic rings. The van der Waals surface area contributed by atoms with E-state index in [1.807, 2.05) is 0 Å². The Balaban J connectivity index is 0.870. The molecule has 0 radical (unpaired) electrons. The van der Waals surface area contributed by atoms with Gasteiger partial charge < -0.3 is 27.8 Å². The molecule has 6 nitrogen and oxygen atoms in total. The van der Waals surface area contributed by atoms with E-state index in [1.165, 1.54) is 32.6 Å². The largest absolute Gasteiger partial charge is 0.452 e. The predicted octanol–water partition coefficient (Wildman–Crippen LogP) is 20.9. The van der Waals surface area contributed by atoms with Gasteiger partial charge >= 0.3 is 0 Å². The zero-order chi connectivity index (χ0) is 52.4. The molecule has 0 saturated heterocycles. The number of anilines is 6. The van der Waals surface area contributed by atoms with Gasteiger partial charge in [-0.1, -0.05) is 158 Å². The summed E-state index contributed by atoms with van der Waals surface area (Å²) in [5, 5.41) is 13.3. The quantitative estimate of drug-likeness (QED) is 0.152. The third-order valence-corrected chi connectivity index (χ3v) is 16.4. The Kier molecular flexibility index (Phi) is 9.61. The van der Waals surface area contributed by atoms with Gasteiger partial charge in [0.1, 0.15) is 11.2 Å². The average molecular weight is 1020 g/mol. The number of furan rings is 2. The molecule has 374 valence electrons. The summed E-state index contributed by atoms with van der Waals surface area (Å²) in [6.45, 7) is 0. The van der Waals surface area contributed by atoms with E-state index in [2.05, 4.69) is 298 Å². The van der Waals surface area contributed by atoms with Crippen molar-refractivity contribution in [3.63, 3.8) is 0 Å². The van der Waals surface area contributed by atoms with E-state index in [0.717, 1.165) is 122 Å². The molecule has 0 saturated carbocycles. The Bertz CT molecular complexity index is 4970. The van der Waals surface area contributed by atoms with Gasteiger partial charge in [-0.15, -0.1) is 0 Å². The molecule has 0 spiro atoms. The lowest BCUT2D eigenvalue weighted by molar-refractivity contribution is 0.633. The summed E-state index contributed by atoms with van der Waals surface area (Å²) in [7, 11) is 0. The lowest BCUT2D eigenvalue weighted by Crippen LogP contribution is -2.10. The standard InChI is InChI=1S/C74H46N4O2/c1-5-21-47(22-6-1)75(51-37-41-65-61(43-51)55-31-17-19-35-63(55)77(65)49-25-9-3-10-26-49)67-45-69-71(57-33-15-13-29-53(57)67)59-39-40-60-72-58-34-16-14-30-54(58)68(46-70(72)80-74(60)73(59)79-69)76(48-23-7-2-8-24-48)52-38-42-66-62(44-52)56-32-18-20-36-64(56)78(66)50-27-11-4-12-28-50/h1-46H. The molecule has 4 heterocycles. The van der Waals surface area contributed by atoms with Crippen molar-refractivity contribution < 1.29 is 8.83 Å². The van der Waals surface area contributed by atoms with Gasteiger partial charge in [-0.2, -0.15) is 0 Å². The van der Waals surface area contributed by atoms with Crippen LogP contribution in [-0.4, -0.2) is 9.13 Å². The van der Waals surface area contributed by atoms with Gasteiger partial charge in [0.25, 0.3) is 0 Å². The van der Waals surface area contributed by atoms with Gasteiger partial charge in [-0.25, -0.2) is 0 Å². The van der Waals surface area contributed by atoms with E-state index in [0.29, 0.717) is 0 Å². The van der Waals surface area contributed by atoms with Crippen LogP contribution in [0.15, 0.2) is 288 Å². The van der Waals surface area contributed by atoms with E-state index < -0.39 is 0 Å². The Labute approximate surface area is 459 Å². The predicted molar refractivity (Wildman–Crippen MR) is 334 cm³/mol. The van der Waals surface area contributed by atoms with Crippen LogP contribution in [0, 0.1) is 0 Å². The third kappa shape index (κ3) is 6.54. The summed E-state index contributed by atoms with van der Waals surface area (Å²) in [4.78, 5) is 4.76. The molecule has 0 aliphatic heterocycles. The number of benzene rings is 13. The van der Waals surface area contributed by atoms with Gasteiger partial charge in [0.2, 0.25) is 0 Å². The number of hydrogen-bond donors (Lipinski definition) is 0. The summed E-state index contributed by atoms with van der Waals surface area (Å²) in [6, 6.07) is 100. The maximum atomic E-state index is 7.25. The van der Waals surface area contributed by atoms with Gasteiger partial charge in [-0.3, -0.25) is 0 Å². The summed E-state index contributed by atoms with van der Waals surface area (Å²) in [5.74, 6) is 0. The highest BCUT2D eigenvalue weighted by molar-refractivity contribution is 6.30.